The maximum absolute atomic E-state index is 14.3. The van der Waals surface area contributed by atoms with E-state index in [4.69, 9.17) is 4.74 Å². The number of aliphatic hydroxyl groups is 1. The number of halogens is 1. The van der Waals surface area contributed by atoms with Crippen molar-refractivity contribution in [3.63, 3.8) is 0 Å². The number of morpholine rings is 1. The fourth-order valence-electron chi connectivity index (χ4n) is 4.44. The van der Waals surface area contributed by atoms with E-state index in [-0.39, 0.29) is 29.0 Å². The molecule has 0 bridgehead atoms. The fraction of sp³-hybridized carbons (Fsp3) is 0.375. The highest BCUT2D eigenvalue weighted by Gasteiger charge is 2.26. The molecule has 33 heavy (non-hydrogen) atoms. The van der Waals surface area contributed by atoms with Gasteiger partial charge in [0.2, 0.25) is 5.95 Å². The van der Waals surface area contributed by atoms with E-state index in [1.165, 1.54) is 22.9 Å². The van der Waals surface area contributed by atoms with E-state index >= 15 is 0 Å². The summed E-state index contributed by atoms with van der Waals surface area (Å²) in [4.78, 5) is 25.2. The number of pyridine rings is 1. The molecule has 2 aromatic heterocycles. The zero-order chi connectivity index (χ0) is 22.9. The van der Waals surface area contributed by atoms with E-state index in [1.807, 2.05) is 17.0 Å². The Bertz CT molecular complexity index is 1200. The lowest BCUT2D eigenvalue weighted by Gasteiger charge is -2.34. The first kappa shape index (κ1) is 21.5. The summed E-state index contributed by atoms with van der Waals surface area (Å²) in [6.07, 6.45) is 2.93. The second-order valence-corrected chi connectivity index (χ2v) is 8.48. The summed E-state index contributed by atoms with van der Waals surface area (Å²) in [6.45, 7) is 3.07. The molecule has 1 aromatic carbocycles. The van der Waals surface area contributed by atoms with Crippen LogP contribution >= 0.6 is 0 Å². The third-order valence-corrected chi connectivity index (χ3v) is 6.30. The normalized spacial score (nSPS) is 20.9. The van der Waals surface area contributed by atoms with E-state index in [1.54, 1.807) is 7.05 Å². The Morgan fingerprint density at radius 2 is 1.94 bits per heavy atom. The molecule has 2 aliphatic heterocycles. The predicted molar refractivity (Wildman–Crippen MR) is 123 cm³/mol. The molecule has 3 aromatic rings. The molecule has 1 unspecified atom stereocenters. The maximum atomic E-state index is 14.3. The van der Waals surface area contributed by atoms with Crippen LogP contribution in [-0.2, 0) is 11.8 Å². The molecule has 2 aliphatic rings. The van der Waals surface area contributed by atoms with Gasteiger partial charge in [0.15, 0.2) is 5.82 Å². The lowest BCUT2D eigenvalue weighted by Crippen LogP contribution is -2.41. The van der Waals surface area contributed by atoms with Crippen molar-refractivity contribution in [1.82, 2.24) is 14.5 Å². The average molecular weight is 452 g/mol. The van der Waals surface area contributed by atoms with Crippen LogP contribution in [0.5, 0.6) is 0 Å². The van der Waals surface area contributed by atoms with Crippen molar-refractivity contribution in [2.75, 3.05) is 42.6 Å². The zero-order valence-corrected chi connectivity index (χ0v) is 18.4. The second-order valence-electron chi connectivity index (χ2n) is 8.48. The van der Waals surface area contributed by atoms with Gasteiger partial charge in [-0.05, 0) is 30.2 Å². The zero-order valence-electron chi connectivity index (χ0n) is 18.4. The van der Waals surface area contributed by atoms with Crippen molar-refractivity contribution in [1.29, 1.82) is 0 Å². The molecule has 0 radical (unpaired) electrons. The first-order valence-electron chi connectivity index (χ1n) is 11.1. The smallest absolute Gasteiger partial charge is 0.255 e. The third kappa shape index (κ3) is 4.34. The number of ether oxygens (including phenoxy) is 1. The molecule has 8 nitrogen and oxygen atoms in total. The van der Waals surface area contributed by atoms with E-state index in [2.05, 4.69) is 27.0 Å². The summed E-state index contributed by atoms with van der Waals surface area (Å²) < 4.78 is 21.8. The molecule has 9 heteroatoms. The number of hydrogen-bond acceptors (Lipinski definition) is 7. The van der Waals surface area contributed by atoms with E-state index < -0.39 is 5.82 Å². The SMILES string of the molecule is Cn1c(N2CCO[C@@H](c3ccc(N4CCC(O)C4)cc3)C2)nc(-c2ccncc2F)cc1=O. The summed E-state index contributed by atoms with van der Waals surface area (Å²) in [6, 6.07) is 11.1. The number of nitrogens with zero attached hydrogens (tertiary/aromatic N) is 5. The van der Waals surface area contributed by atoms with Gasteiger partial charge in [-0.1, -0.05) is 12.1 Å². The lowest BCUT2D eigenvalue weighted by molar-refractivity contribution is 0.0390. The molecular formula is C24H26FN5O3. The van der Waals surface area contributed by atoms with Crippen molar-refractivity contribution in [2.45, 2.75) is 18.6 Å². The highest BCUT2D eigenvalue weighted by Crippen LogP contribution is 2.29. The monoisotopic (exact) mass is 451 g/mol. The minimum absolute atomic E-state index is 0.185. The Hall–Kier alpha value is -3.30. The molecule has 2 fully saturated rings. The predicted octanol–water partition coefficient (Wildman–Crippen LogP) is 2.13. The number of rotatable bonds is 4. The van der Waals surface area contributed by atoms with Crippen LogP contribution < -0.4 is 15.4 Å². The van der Waals surface area contributed by atoms with Crippen LogP contribution in [0.3, 0.4) is 0 Å². The topological polar surface area (TPSA) is 83.7 Å². The summed E-state index contributed by atoms with van der Waals surface area (Å²) >= 11 is 0. The number of hydrogen-bond donors (Lipinski definition) is 1. The van der Waals surface area contributed by atoms with Gasteiger partial charge in [0.25, 0.3) is 5.56 Å². The van der Waals surface area contributed by atoms with Gasteiger partial charge in [0.05, 0.1) is 31.1 Å². The van der Waals surface area contributed by atoms with Crippen LogP contribution in [0, 0.1) is 5.82 Å². The van der Waals surface area contributed by atoms with Gasteiger partial charge in [0.1, 0.15) is 6.10 Å². The highest BCUT2D eigenvalue weighted by atomic mass is 19.1. The molecule has 2 atom stereocenters. The first-order valence-corrected chi connectivity index (χ1v) is 11.1. The Labute approximate surface area is 190 Å². The minimum Gasteiger partial charge on any atom is -0.391 e. The van der Waals surface area contributed by atoms with Crippen LogP contribution in [0.2, 0.25) is 0 Å². The third-order valence-electron chi connectivity index (χ3n) is 6.30. The van der Waals surface area contributed by atoms with Crippen LogP contribution in [0.1, 0.15) is 18.1 Å². The molecule has 0 amide bonds. The van der Waals surface area contributed by atoms with Crippen molar-refractivity contribution in [3.8, 4) is 11.3 Å². The first-order chi connectivity index (χ1) is 16.0. The summed E-state index contributed by atoms with van der Waals surface area (Å²) in [5.74, 6) is -0.0423. The Morgan fingerprint density at radius 1 is 1.12 bits per heavy atom. The molecule has 172 valence electrons. The molecule has 5 rings (SSSR count). The summed E-state index contributed by atoms with van der Waals surface area (Å²) in [7, 11) is 1.67. The van der Waals surface area contributed by atoms with Gasteiger partial charge < -0.3 is 19.6 Å². The molecule has 0 aliphatic carbocycles. The van der Waals surface area contributed by atoms with Gasteiger partial charge in [0, 0.05) is 50.2 Å². The number of anilines is 2. The second kappa shape index (κ2) is 8.92. The van der Waals surface area contributed by atoms with Crippen molar-refractivity contribution >= 4 is 11.6 Å². The van der Waals surface area contributed by atoms with Gasteiger partial charge >= 0.3 is 0 Å². The largest absolute Gasteiger partial charge is 0.391 e. The van der Waals surface area contributed by atoms with Crippen molar-refractivity contribution in [2.24, 2.45) is 7.05 Å². The van der Waals surface area contributed by atoms with Crippen molar-refractivity contribution < 1.29 is 14.2 Å². The Balaban J connectivity index is 1.39. The quantitative estimate of drug-likeness (QED) is 0.651. The van der Waals surface area contributed by atoms with E-state index in [0.29, 0.717) is 32.2 Å². The average Bonchev–Trinajstić information content (AvgIpc) is 3.27. The van der Waals surface area contributed by atoms with E-state index in [0.717, 1.165) is 30.4 Å². The van der Waals surface area contributed by atoms with Crippen LogP contribution in [0.4, 0.5) is 16.0 Å². The van der Waals surface area contributed by atoms with Gasteiger partial charge in [-0.3, -0.25) is 14.3 Å². The maximum Gasteiger partial charge on any atom is 0.255 e. The molecule has 0 spiro atoms. The molecule has 4 heterocycles. The number of aliphatic hydroxyl groups excluding tert-OH is 1. The molecule has 1 N–H and O–H groups in total. The molecular weight excluding hydrogens is 425 g/mol. The van der Waals surface area contributed by atoms with Gasteiger partial charge in [-0.2, -0.15) is 0 Å². The minimum atomic E-state index is -0.519. The standard InChI is InChI=1S/C24H26FN5O3/c1-28-23(32)12-21(19-6-8-26-13-20(19)25)27-24(28)30-10-11-33-22(15-30)16-2-4-17(5-3-16)29-9-7-18(31)14-29/h2-6,8,12-13,18,22,31H,7,9-11,14-15H2,1H3/t18?,22-/m1/s1. The number of benzene rings is 1. The van der Waals surface area contributed by atoms with E-state index in [9.17, 15) is 14.3 Å². The Morgan fingerprint density at radius 3 is 2.67 bits per heavy atom. The highest BCUT2D eigenvalue weighted by molar-refractivity contribution is 5.60. The fourth-order valence-corrected chi connectivity index (χ4v) is 4.44. The summed E-state index contributed by atoms with van der Waals surface area (Å²) in [5.41, 5.74) is 2.39. The number of aromatic nitrogens is 3. The van der Waals surface area contributed by atoms with Gasteiger partial charge in [-0.25, -0.2) is 9.37 Å². The van der Waals surface area contributed by atoms with Gasteiger partial charge in [-0.15, -0.1) is 0 Å². The number of β-amino-alcohol motifs (C(OH)–C–C–N with tert-alkyl or cyclic N) is 1. The summed E-state index contributed by atoms with van der Waals surface area (Å²) in [5, 5.41) is 9.78. The van der Waals surface area contributed by atoms with Crippen LogP contribution in [0.25, 0.3) is 11.3 Å². The van der Waals surface area contributed by atoms with Crippen molar-refractivity contribution in [3.05, 3.63) is 70.5 Å². The van der Waals surface area contributed by atoms with Crippen LogP contribution in [0.15, 0.2) is 53.6 Å². The molecule has 2 saturated heterocycles. The Kier molecular flexibility index (Phi) is 5.82. The van der Waals surface area contributed by atoms with Crippen LogP contribution in [-0.4, -0.2) is 58.5 Å². The molecule has 0 saturated carbocycles. The lowest BCUT2D eigenvalue weighted by atomic mass is 10.1.